The number of aromatic carboxylic acids is 1. The number of rotatable bonds is 5. The fourth-order valence-corrected chi connectivity index (χ4v) is 2.20. The quantitative estimate of drug-likeness (QED) is 0.783. The van der Waals surface area contributed by atoms with Gasteiger partial charge in [-0.05, 0) is 28.8 Å². The average molecular weight is 285 g/mol. The first kappa shape index (κ1) is 14.7. The summed E-state index contributed by atoms with van der Waals surface area (Å²) in [5.41, 5.74) is 8.24. The zero-order chi connectivity index (χ0) is 15.4. The highest BCUT2D eigenvalue weighted by Gasteiger charge is 2.15. The van der Waals surface area contributed by atoms with Crippen LogP contribution in [0.15, 0.2) is 48.5 Å². The maximum absolute atomic E-state index is 11.0. The van der Waals surface area contributed by atoms with Crippen molar-refractivity contribution >= 4 is 11.9 Å². The van der Waals surface area contributed by atoms with Gasteiger partial charge in [-0.2, -0.15) is 0 Å². The summed E-state index contributed by atoms with van der Waals surface area (Å²) in [5, 5.41) is 17.9. The molecule has 0 spiro atoms. The van der Waals surface area contributed by atoms with E-state index in [1.54, 1.807) is 42.5 Å². The molecule has 0 aliphatic carbocycles. The van der Waals surface area contributed by atoms with E-state index in [4.69, 9.17) is 15.9 Å². The minimum atomic E-state index is -1.01. The predicted molar refractivity (Wildman–Crippen MR) is 78.0 cm³/mol. The highest BCUT2D eigenvalue weighted by atomic mass is 16.4. The lowest BCUT2D eigenvalue weighted by Crippen LogP contribution is -2.15. The van der Waals surface area contributed by atoms with Crippen molar-refractivity contribution in [2.75, 3.05) is 0 Å². The van der Waals surface area contributed by atoms with Crippen molar-refractivity contribution < 1.29 is 19.8 Å². The molecule has 108 valence electrons. The van der Waals surface area contributed by atoms with E-state index >= 15 is 0 Å². The van der Waals surface area contributed by atoms with Gasteiger partial charge in [-0.3, -0.25) is 4.79 Å². The molecule has 1 unspecified atom stereocenters. The molecule has 2 rings (SSSR count). The SMILES string of the molecule is NC(CC(=O)O)c1ccccc1-c1cccc(C(=O)O)c1. The van der Waals surface area contributed by atoms with Crippen molar-refractivity contribution in [1.82, 2.24) is 0 Å². The van der Waals surface area contributed by atoms with Crippen LogP contribution in [0.4, 0.5) is 0 Å². The highest BCUT2D eigenvalue weighted by Crippen LogP contribution is 2.29. The van der Waals surface area contributed by atoms with Crippen LogP contribution in [-0.2, 0) is 4.79 Å². The molecule has 2 aromatic carbocycles. The molecular weight excluding hydrogens is 270 g/mol. The third kappa shape index (κ3) is 3.46. The zero-order valence-corrected chi connectivity index (χ0v) is 11.2. The van der Waals surface area contributed by atoms with Gasteiger partial charge in [-0.1, -0.05) is 36.4 Å². The molecule has 0 saturated carbocycles. The van der Waals surface area contributed by atoms with Gasteiger partial charge in [-0.15, -0.1) is 0 Å². The van der Waals surface area contributed by atoms with Crippen LogP contribution in [0.3, 0.4) is 0 Å². The van der Waals surface area contributed by atoms with Crippen LogP contribution in [0.5, 0.6) is 0 Å². The minimum absolute atomic E-state index is 0.175. The second-order valence-electron chi connectivity index (χ2n) is 4.68. The Bertz CT molecular complexity index is 681. The van der Waals surface area contributed by atoms with Crippen LogP contribution in [0.2, 0.25) is 0 Å². The number of hydrogen-bond donors (Lipinski definition) is 3. The van der Waals surface area contributed by atoms with Gasteiger partial charge in [-0.25, -0.2) is 4.79 Å². The standard InChI is InChI=1S/C16H15NO4/c17-14(9-15(18)19)13-7-2-1-6-12(13)10-4-3-5-11(8-10)16(20)21/h1-8,14H,9,17H2,(H,18,19)(H,20,21). The highest BCUT2D eigenvalue weighted by molar-refractivity contribution is 5.89. The van der Waals surface area contributed by atoms with Gasteiger partial charge < -0.3 is 15.9 Å². The van der Waals surface area contributed by atoms with Gasteiger partial charge in [0.25, 0.3) is 0 Å². The van der Waals surface area contributed by atoms with E-state index in [1.807, 2.05) is 0 Å². The monoisotopic (exact) mass is 285 g/mol. The van der Waals surface area contributed by atoms with Gasteiger partial charge in [0.1, 0.15) is 0 Å². The Labute approximate surface area is 121 Å². The van der Waals surface area contributed by atoms with E-state index in [0.29, 0.717) is 11.1 Å². The summed E-state index contributed by atoms with van der Waals surface area (Å²) in [6.07, 6.45) is -0.185. The summed E-state index contributed by atoms with van der Waals surface area (Å²) in [7, 11) is 0. The van der Waals surface area contributed by atoms with E-state index < -0.39 is 18.0 Å². The van der Waals surface area contributed by atoms with Crippen LogP contribution in [0, 0.1) is 0 Å². The van der Waals surface area contributed by atoms with E-state index in [2.05, 4.69) is 0 Å². The first-order chi connectivity index (χ1) is 9.99. The molecule has 5 heteroatoms. The molecule has 21 heavy (non-hydrogen) atoms. The zero-order valence-electron chi connectivity index (χ0n) is 11.2. The van der Waals surface area contributed by atoms with Crippen molar-refractivity contribution in [2.24, 2.45) is 5.73 Å². The third-order valence-corrected chi connectivity index (χ3v) is 3.18. The number of aliphatic carboxylic acids is 1. The molecule has 0 fully saturated rings. The first-order valence-electron chi connectivity index (χ1n) is 6.39. The van der Waals surface area contributed by atoms with Gasteiger partial charge in [0.15, 0.2) is 0 Å². The Morgan fingerprint density at radius 1 is 1.05 bits per heavy atom. The van der Waals surface area contributed by atoms with E-state index in [-0.39, 0.29) is 12.0 Å². The van der Waals surface area contributed by atoms with Crippen LogP contribution in [0.25, 0.3) is 11.1 Å². The lowest BCUT2D eigenvalue weighted by molar-refractivity contribution is -0.137. The normalized spacial score (nSPS) is 11.9. The molecule has 0 aliphatic heterocycles. The largest absolute Gasteiger partial charge is 0.481 e. The van der Waals surface area contributed by atoms with Crippen LogP contribution < -0.4 is 5.73 Å². The maximum Gasteiger partial charge on any atom is 0.335 e. The van der Waals surface area contributed by atoms with Crippen LogP contribution in [-0.4, -0.2) is 22.2 Å². The summed E-state index contributed by atoms with van der Waals surface area (Å²) in [6.45, 7) is 0. The summed E-state index contributed by atoms with van der Waals surface area (Å²) in [5.74, 6) is -1.99. The Morgan fingerprint density at radius 2 is 1.76 bits per heavy atom. The predicted octanol–water partition coefficient (Wildman–Crippen LogP) is 2.53. The van der Waals surface area contributed by atoms with Gasteiger partial charge in [0.2, 0.25) is 0 Å². The number of carboxylic acids is 2. The fraction of sp³-hybridized carbons (Fsp3) is 0.125. The smallest absolute Gasteiger partial charge is 0.335 e. The summed E-state index contributed by atoms with van der Waals surface area (Å²) in [6, 6.07) is 13.0. The number of nitrogens with two attached hydrogens (primary N) is 1. The summed E-state index contributed by atoms with van der Waals surface area (Å²) in [4.78, 5) is 21.9. The molecule has 0 bridgehead atoms. The number of carboxylic acid groups (broad SMARTS) is 2. The van der Waals surface area contributed by atoms with E-state index in [1.165, 1.54) is 6.07 Å². The van der Waals surface area contributed by atoms with Gasteiger partial charge in [0, 0.05) is 6.04 Å². The second-order valence-corrected chi connectivity index (χ2v) is 4.68. The van der Waals surface area contributed by atoms with Crippen molar-refractivity contribution in [3.05, 3.63) is 59.7 Å². The Morgan fingerprint density at radius 3 is 2.43 bits per heavy atom. The fourth-order valence-electron chi connectivity index (χ4n) is 2.20. The molecule has 0 heterocycles. The molecule has 5 nitrogen and oxygen atoms in total. The van der Waals surface area contributed by atoms with Crippen molar-refractivity contribution in [3.8, 4) is 11.1 Å². The topological polar surface area (TPSA) is 101 Å². The molecule has 0 aromatic heterocycles. The summed E-state index contributed by atoms with van der Waals surface area (Å²) < 4.78 is 0. The molecule has 0 amide bonds. The average Bonchev–Trinajstić information content (AvgIpc) is 2.46. The molecule has 0 radical (unpaired) electrons. The second kappa shape index (κ2) is 6.19. The van der Waals surface area contributed by atoms with E-state index in [0.717, 1.165) is 5.56 Å². The Balaban J connectivity index is 2.47. The Kier molecular flexibility index (Phi) is 4.35. The molecule has 2 aromatic rings. The van der Waals surface area contributed by atoms with Crippen molar-refractivity contribution in [3.63, 3.8) is 0 Å². The number of benzene rings is 2. The van der Waals surface area contributed by atoms with Gasteiger partial charge >= 0.3 is 11.9 Å². The Hall–Kier alpha value is -2.66. The maximum atomic E-state index is 11.0. The molecule has 0 saturated heterocycles. The van der Waals surface area contributed by atoms with Crippen molar-refractivity contribution in [1.29, 1.82) is 0 Å². The molecule has 0 aliphatic rings. The minimum Gasteiger partial charge on any atom is -0.481 e. The number of carbonyl (C=O) groups is 2. The number of hydrogen-bond acceptors (Lipinski definition) is 3. The van der Waals surface area contributed by atoms with Gasteiger partial charge in [0.05, 0.1) is 12.0 Å². The third-order valence-electron chi connectivity index (χ3n) is 3.18. The van der Waals surface area contributed by atoms with Crippen molar-refractivity contribution in [2.45, 2.75) is 12.5 Å². The summed E-state index contributed by atoms with van der Waals surface area (Å²) >= 11 is 0. The molecule has 4 N–H and O–H groups in total. The first-order valence-corrected chi connectivity index (χ1v) is 6.39. The molecular formula is C16H15NO4. The lowest BCUT2D eigenvalue weighted by atomic mass is 9.93. The van der Waals surface area contributed by atoms with E-state index in [9.17, 15) is 9.59 Å². The van der Waals surface area contributed by atoms with Crippen LogP contribution >= 0.6 is 0 Å². The van der Waals surface area contributed by atoms with Crippen LogP contribution in [0.1, 0.15) is 28.4 Å². The lowest BCUT2D eigenvalue weighted by Gasteiger charge is -2.15. The molecule has 1 atom stereocenters.